The van der Waals surface area contributed by atoms with Gasteiger partial charge in [-0.25, -0.2) is 9.59 Å². The number of benzene rings is 2. The van der Waals surface area contributed by atoms with Crippen molar-refractivity contribution in [1.29, 1.82) is 0 Å². The summed E-state index contributed by atoms with van der Waals surface area (Å²) in [5.41, 5.74) is 1.67. The van der Waals surface area contributed by atoms with Gasteiger partial charge in [-0.3, -0.25) is 0 Å². The van der Waals surface area contributed by atoms with Gasteiger partial charge in [0.1, 0.15) is 19.3 Å². The van der Waals surface area contributed by atoms with E-state index in [0.29, 0.717) is 0 Å². The Morgan fingerprint density at radius 1 is 0.929 bits per heavy atom. The molecule has 9 nitrogen and oxygen atoms in total. The van der Waals surface area contributed by atoms with Crippen LogP contribution in [0.4, 0.5) is 4.79 Å². The molecule has 2 aromatic carbocycles. The van der Waals surface area contributed by atoms with Crippen LogP contribution in [0.3, 0.4) is 0 Å². The minimum atomic E-state index is -1.01. The van der Waals surface area contributed by atoms with Crippen LogP contribution < -0.4 is 5.32 Å². The van der Waals surface area contributed by atoms with Gasteiger partial charge in [0, 0.05) is 6.42 Å². The summed E-state index contributed by atoms with van der Waals surface area (Å²) < 4.78 is 10.5. The topological polar surface area (TPSA) is 119 Å². The second kappa shape index (κ2) is 9.81. The van der Waals surface area contributed by atoms with Gasteiger partial charge in [-0.1, -0.05) is 65.9 Å². The Hall–Kier alpha value is -3.75. The summed E-state index contributed by atoms with van der Waals surface area (Å²) in [5, 5.41) is 15.9. The lowest BCUT2D eigenvalue weighted by molar-refractivity contribution is -0.147. The van der Waals surface area contributed by atoms with Gasteiger partial charge < -0.3 is 14.8 Å². The third kappa shape index (κ3) is 5.90. The van der Waals surface area contributed by atoms with Gasteiger partial charge >= 0.3 is 12.1 Å². The Kier molecular flexibility index (Phi) is 6.67. The predicted molar refractivity (Wildman–Crippen MR) is 97.7 cm³/mol. The number of aromatic amines is 1. The van der Waals surface area contributed by atoms with Crippen molar-refractivity contribution < 1.29 is 19.1 Å². The first kappa shape index (κ1) is 19.0. The molecule has 0 aliphatic heterocycles. The van der Waals surface area contributed by atoms with Crippen molar-refractivity contribution in [2.24, 2.45) is 0 Å². The lowest BCUT2D eigenvalue weighted by Gasteiger charge is -2.16. The van der Waals surface area contributed by atoms with Crippen LogP contribution in [0.5, 0.6) is 0 Å². The SMILES string of the molecule is O=C(N[C@@H](Cc1nn[nH]n1)C(=O)OCc1ccccc1)OCc1ccccc1. The first-order valence-electron chi connectivity index (χ1n) is 8.61. The molecular weight excluding hydrogens is 362 g/mol. The summed E-state index contributed by atoms with van der Waals surface area (Å²) in [6.45, 7) is 0.170. The van der Waals surface area contributed by atoms with Crippen molar-refractivity contribution >= 4 is 12.1 Å². The van der Waals surface area contributed by atoms with E-state index in [2.05, 4.69) is 25.9 Å². The highest BCUT2D eigenvalue weighted by Crippen LogP contribution is 2.05. The molecule has 1 aromatic heterocycles. The van der Waals surface area contributed by atoms with Gasteiger partial charge in [0.05, 0.1) is 0 Å². The molecule has 1 atom stereocenters. The number of nitrogens with one attached hydrogen (secondary N) is 2. The number of carbonyl (C=O) groups is 2. The Morgan fingerprint density at radius 2 is 1.54 bits per heavy atom. The first-order valence-corrected chi connectivity index (χ1v) is 8.61. The van der Waals surface area contributed by atoms with Crippen LogP contribution >= 0.6 is 0 Å². The van der Waals surface area contributed by atoms with Gasteiger partial charge in [0.25, 0.3) is 0 Å². The maximum atomic E-state index is 12.5. The zero-order valence-electron chi connectivity index (χ0n) is 14.9. The largest absolute Gasteiger partial charge is 0.459 e. The zero-order valence-corrected chi connectivity index (χ0v) is 14.9. The molecule has 0 fully saturated rings. The third-order valence-corrected chi connectivity index (χ3v) is 3.79. The summed E-state index contributed by atoms with van der Waals surface area (Å²) in [6.07, 6.45) is -0.723. The molecule has 1 amide bonds. The molecule has 0 saturated carbocycles. The average Bonchev–Trinajstić information content (AvgIpc) is 3.25. The minimum absolute atomic E-state index is 0.0184. The number of H-pyrrole nitrogens is 1. The molecule has 144 valence electrons. The number of hydrogen-bond donors (Lipinski definition) is 2. The van der Waals surface area contributed by atoms with Crippen LogP contribution in [0.2, 0.25) is 0 Å². The molecule has 0 radical (unpaired) electrons. The quantitative estimate of drug-likeness (QED) is 0.571. The number of tetrazole rings is 1. The molecule has 3 aromatic rings. The number of amides is 1. The number of alkyl carbamates (subject to hydrolysis) is 1. The average molecular weight is 381 g/mol. The fourth-order valence-electron chi connectivity index (χ4n) is 2.38. The number of nitrogens with zero attached hydrogens (tertiary/aromatic N) is 3. The molecule has 0 spiro atoms. The van der Waals surface area contributed by atoms with Gasteiger partial charge in [-0.2, -0.15) is 5.21 Å². The molecule has 1 heterocycles. The van der Waals surface area contributed by atoms with E-state index >= 15 is 0 Å². The fraction of sp³-hybridized carbons (Fsp3) is 0.211. The van der Waals surface area contributed by atoms with Crippen molar-refractivity contribution in [2.75, 3.05) is 0 Å². The van der Waals surface area contributed by atoms with Gasteiger partial charge in [-0.05, 0) is 11.1 Å². The highest BCUT2D eigenvalue weighted by atomic mass is 16.6. The number of esters is 1. The smallest absolute Gasteiger partial charge is 0.408 e. The number of carbonyl (C=O) groups excluding carboxylic acids is 2. The predicted octanol–water partition coefficient (Wildman–Crippen LogP) is 1.78. The maximum Gasteiger partial charge on any atom is 0.408 e. The van der Waals surface area contributed by atoms with Crippen LogP contribution in [0.1, 0.15) is 17.0 Å². The van der Waals surface area contributed by atoms with Crippen molar-refractivity contribution in [1.82, 2.24) is 25.9 Å². The Bertz CT molecular complexity index is 872. The van der Waals surface area contributed by atoms with E-state index in [1.807, 2.05) is 60.7 Å². The van der Waals surface area contributed by atoms with Gasteiger partial charge in [-0.15, -0.1) is 10.2 Å². The maximum absolute atomic E-state index is 12.5. The van der Waals surface area contributed by atoms with Crippen molar-refractivity contribution in [3.63, 3.8) is 0 Å². The van der Waals surface area contributed by atoms with Crippen LogP contribution in [0, 0.1) is 0 Å². The Morgan fingerprint density at radius 3 is 2.11 bits per heavy atom. The summed E-state index contributed by atoms with van der Waals surface area (Å²) in [7, 11) is 0. The molecule has 9 heteroatoms. The standard InChI is InChI=1S/C19H19N5O4/c25-18(27-12-14-7-3-1-4-8-14)16(11-17-21-23-24-22-17)20-19(26)28-13-15-9-5-2-6-10-15/h1-10,16H,11-13H2,(H,20,26)(H,21,22,23,24)/t16-/m0/s1. The van der Waals surface area contributed by atoms with Crippen molar-refractivity contribution in [3.05, 3.63) is 77.6 Å². The monoisotopic (exact) mass is 381 g/mol. The molecular formula is C19H19N5O4. The van der Waals surface area contributed by atoms with Crippen LogP contribution in [-0.4, -0.2) is 38.7 Å². The van der Waals surface area contributed by atoms with Gasteiger partial charge in [0.15, 0.2) is 5.82 Å². The lowest BCUT2D eigenvalue weighted by Crippen LogP contribution is -2.43. The first-order chi connectivity index (χ1) is 13.7. The summed E-state index contributed by atoms with van der Waals surface area (Å²) in [4.78, 5) is 24.6. The summed E-state index contributed by atoms with van der Waals surface area (Å²) in [6, 6.07) is 17.4. The number of ether oxygens (including phenoxy) is 2. The third-order valence-electron chi connectivity index (χ3n) is 3.79. The molecule has 0 unspecified atom stereocenters. The van der Waals surface area contributed by atoms with Crippen molar-refractivity contribution in [2.45, 2.75) is 25.7 Å². The van der Waals surface area contributed by atoms with E-state index in [9.17, 15) is 9.59 Å². The molecule has 28 heavy (non-hydrogen) atoms. The molecule has 3 rings (SSSR count). The minimum Gasteiger partial charge on any atom is -0.459 e. The molecule has 2 N–H and O–H groups in total. The highest BCUT2D eigenvalue weighted by Gasteiger charge is 2.25. The van der Waals surface area contributed by atoms with E-state index in [1.54, 1.807) is 0 Å². The van der Waals surface area contributed by atoms with E-state index < -0.39 is 18.1 Å². The lowest BCUT2D eigenvalue weighted by atomic mass is 10.2. The second-order valence-corrected chi connectivity index (χ2v) is 5.88. The van der Waals surface area contributed by atoms with E-state index in [4.69, 9.17) is 9.47 Å². The number of aromatic nitrogens is 4. The molecule has 0 bridgehead atoms. The Balaban J connectivity index is 1.57. The van der Waals surface area contributed by atoms with Gasteiger partial charge in [0.2, 0.25) is 0 Å². The van der Waals surface area contributed by atoms with Crippen molar-refractivity contribution in [3.8, 4) is 0 Å². The summed E-state index contributed by atoms with van der Waals surface area (Å²) in [5.74, 6) is -0.352. The molecule has 0 aliphatic rings. The summed E-state index contributed by atoms with van der Waals surface area (Å²) >= 11 is 0. The molecule has 0 aliphatic carbocycles. The molecule has 0 saturated heterocycles. The normalized spacial score (nSPS) is 11.4. The highest BCUT2D eigenvalue weighted by molar-refractivity contribution is 5.81. The number of rotatable bonds is 8. The van der Waals surface area contributed by atoms with E-state index in [-0.39, 0.29) is 25.5 Å². The van der Waals surface area contributed by atoms with E-state index in [0.717, 1.165) is 11.1 Å². The fourth-order valence-corrected chi connectivity index (χ4v) is 2.38. The Labute approximate surface area is 161 Å². The van der Waals surface area contributed by atoms with Crippen LogP contribution in [0.25, 0.3) is 0 Å². The second-order valence-electron chi connectivity index (χ2n) is 5.88. The van der Waals surface area contributed by atoms with Crippen LogP contribution in [0.15, 0.2) is 60.7 Å². The number of hydrogen-bond acceptors (Lipinski definition) is 7. The van der Waals surface area contributed by atoms with Crippen LogP contribution in [-0.2, 0) is 33.9 Å². The zero-order chi connectivity index (χ0) is 19.6. The van der Waals surface area contributed by atoms with E-state index in [1.165, 1.54) is 0 Å².